The predicted octanol–water partition coefficient (Wildman–Crippen LogP) is 6.76. The molecule has 0 spiro atoms. The summed E-state index contributed by atoms with van der Waals surface area (Å²) >= 11 is -1.06. The van der Waals surface area contributed by atoms with E-state index in [2.05, 4.69) is 24.3 Å². The summed E-state index contributed by atoms with van der Waals surface area (Å²) in [5, 5.41) is 5.32. The number of hydrogen-bond donors (Lipinski definition) is 0. The molecule has 5 heteroatoms. The average Bonchev–Trinajstić information content (AvgIpc) is 3.21. The summed E-state index contributed by atoms with van der Waals surface area (Å²) in [6.45, 7) is 0. The number of fused-ring (bicyclic) bond motifs is 2. The van der Waals surface area contributed by atoms with Crippen LogP contribution in [-0.4, -0.2) is 8.20 Å². The molecule has 0 saturated heterocycles. The van der Waals surface area contributed by atoms with Gasteiger partial charge in [-0.15, -0.1) is 0 Å². The molecular weight excluding hydrogens is 447 g/mol. The van der Waals surface area contributed by atoms with E-state index in [1.54, 1.807) is 6.26 Å². The Morgan fingerprint density at radius 1 is 0.885 bits per heavy atom. The topological polar surface area (TPSA) is 18.1 Å². The minimum Gasteiger partial charge on any atom is -0.464 e. The number of rotatable bonds is 1. The Hall–Kier alpha value is -2.54. The van der Waals surface area contributed by atoms with Gasteiger partial charge in [0.15, 0.2) is 3.83 Å². The summed E-state index contributed by atoms with van der Waals surface area (Å²) in [5.41, 5.74) is 2.79. The van der Waals surface area contributed by atoms with E-state index in [-0.39, 0.29) is 3.83 Å². The van der Waals surface area contributed by atoms with E-state index < -0.39 is 26.6 Å². The number of benzene rings is 3. The molecule has 0 bridgehead atoms. The Morgan fingerprint density at radius 2 is 1.81 bits per heavy atom. The number of halogens is 3. The van der Waals surface area contributed by atoms with Gasteiger partial charge in [0.1, 0.15) is 11.4 Å². The van der Waals surface area contributed by atoms with Crippen molar-refractivity contribution in [2.75, 3.05) is 0 Å². The maximum Gasteiger partial charge on any atom is 0.159 e. The number of hydrogen-bond acceptors (Lipinski definition) is 1. The molecule has 0 radical (unpaired) electrons. The van der Waals surface area contributed by atoms with Gasteiger partial charge in [-0.3, -0.25) is 0 Å². The molecule has 3 aromatic carbocycles. The second kappa shape index (κ2) is 5.01. The van der Waals surface area contributed by atoms with Crippen molar-refractivity contribution in [1.82, 2.24) is 4.57 Å². The van der Waals surface area contributed by atoms with Crippen LogP contribution in [0, 0.1) is 0 Å². The Bertz CT molecular complexity index is 1450. The molecule has 2 aromatic heterocycles. The molecule has 26 heavy (non-hydrogen) atoms. The van der Waals surface area contributed by atoms with E-state index in [1.807, 2.05) is 22.8 Å². The second-order valence-electron chi connectivity index (χ2n) is 6.31. The average molecular weight is 457 g/mol. The van der Waals surface area contributed by atoms with Crippen molar-refractivity contribution in [3.8, 4) is 0 Å². The van der Waals surface area contributed by atoms with Crippen LogP contribution in [0.4, 0.5) is 8.78 Å². The highest BCUT2D eigenvalue weighted by Crippen LogP contribution is 2.42. The molecule has 6 rings (SSSR count). The first-order valence-electron chi connectivity index (χ1n) is 8.13. The van der Waals surface area contributed by atoms with Gasteiger partial charge < -0.3 is 8.98 Å². The first-order chi connectivity index (χ1) is 12.7. The standard InChI is InChI=1S/C21H10F2INO/c22-13-9-17(23)24-18(10-13)25-15-3-1-2-11-4-5-14-20(19(11)15)16(25)8-12-6-7-26-21(12)14/h1-10H. The van der Waals surface area contributed by atoms with E-state index in [0.717, 1.165) is 49.6 Å². The molecule has 5 aromatic rings. The van der Waals surface area contributed by atoms with Crippen molar-refractivity contribution in [3.63, 3.8) is 0 Å². The SMILES string of the molecule is FC1=CC(n2c3cccc4ccc5c6occc6cc2c5c43)=IC(F)=C1. The summed E-state index contributed by atoms with van der Waals surface area (Å²) in [4.78, 5) is 0. The number of allylic oxidation sites excluding steroid dienone is 3. The number of aromatic nitrogens is 1. The van der Waals surface area contributed by atoms with Crippen molar-refractivity contribution in [3.05, 3.63) is 70.5 Å². The van der Waals surface area contributed by atoms with Crippen LogP contribution < -0.4 is 0 Å². The minimum absolute atomic E-state index is 0.359. The van der Waals surface area contributed by atoms with Gasteiger partial charge in [-0.25, -0.2) is 8.78 Å². The lowest BCUT2D eigenvalue weighted by atomic mass is 10.0. The third-order valence-corrected chi connectivity index (χ3v) is 7.07. The summed E-state index contributed by atoms with van der Waals surface area (Å²) < 4.78 is 36.1. The molecule has 0 amide bonds. The van der Waals surface area contributed by atoms with Crippen LogP contribution in [0.5, 0.6) is 0 Å². The minimum atomic E-state index is -1.06. The fraction of sp³-hybridized carbons (Fsp3) is 0. The number of nitrogens with zero attached hydrogens (tertiary/aromatic N) is 1. The van der Waals surface area contributed by atoms with Crippen LogP contribution in [0.3, 0.4) is 0 Å². The van der Waals surface area contributed by atoms with Crippen molar-refractivity contribution in [2.45, 2.75) is 0 Å². The highest BCUT2D eigenvalue weighted by Gasteiger charge is 2.21. The lowest BCUT2D eigenvalue weighted by Gasteiger charge is -2.10. The smallest absolute Gasteiger partial charge is 0.159 e. The lowest BCUT2D eigenvalue weighted by Crippen LogP contribution is -2.08. The van der Waals surface area contributed by atoms with Crippen molar-refractivity contribution >= 4 is 67.9 Å². The number of furan rings is 1. The third-order valence-electron chi connectivity index (χ3n) is 4.90. The molecule has 1 aliphatic heterocycles. The normalized spacial score (nSPS) is 15.5. The van der Waals surface area contributed by atoms with Gasteiger partial charge >= 0.3 is 0 Å². The Labute approximate surface area is 156 Å². The fourth-order valence-electron chi connectivity index (χ4n) is 3.92. The van der Waals surface area contributed by atoms with Crippen molar-refractivity contribution in [2.24, 2.45) is 0 Å². The van der Waals surface area contributed by atoms with Gasteiger partial charge in [0.25, 0.3) is 0 Å². The molecule has 3 heterocycles. The van der Waals surface area contributed by atoms with Gasteiger partial charge in [0.05, 0.1) is 20.9 Å². The molecular formula is C21H10F2INO. The highest BCUT2D eigenvalue weighted by atomic mass is 127. The highest BCUT2D eigenvalue weighted by molar-refractivity contribution is 14.2. The zero-order valence-corrected chi connectivity index (χ0v) is 15.4. The second-order valence-corrected chi connectivity index (χ2v) is 8.99. The van der Waals surface area contributed by atoms with Gasteiger partial charge in [-0.2, -0.15) is 0 Å². The molecule has 0 fully saturated rings. The largest absolute Gasteiger partial charge is 0.464 e. The monoisotopic (exact) mass is 457 g/mol. The molecule has 0 saturated carbocycles. The van der Waals surface area contributed by atoms with Crippen LogP contribution in [0.15, 0.2) is 75.0 Å². The molecule has 2 nitrogen and oxygen atoms in total. The molecule has 0 atom stereocenters. The molecule has 0 N–H and O–H groups in total. The zero-order chi connectivity index (χ0) is 17.4. The van der Waals surface area contributed by atoms with Crippen LogP contribution in [0.2, 0.25) is 0 Å². The lowest BCUT2D eigenvalue weighted by molar-refractivity contribution is 0.619. The van der Waals surface area contributed by atoms with Gasteiger partial charge in [-0.1, -0.05) is 18.2 Å². The van der Waals surface area contributed by atoms with Crippen molar-refractivity contribution in [1.29, 1.82) is 0 Å². The van der Waals surface area contributed by atoms with E-state index in [9.17, 15) is 8.78 Å². The van der Waals surface area contributed by atoms with Crippen LogP contribution in [0.25, 0.3) is 43.5 Å². The molecule has 1 aliphatic rings. The maximum atomic E-state index is 14.0. The maximum absolute atomic E-state index is 14.0. The van der Waals surface area contributed by atoms with Crippen LogP contribution in [-0.2, 0) is 0 Å². The van der Waals surface area contributed by atoms with Crippen molar-refractivity contribution < 1.29 is 13.2 Å². The van der Waals surface area contributed by atoms with Gasteiger partial charge in [0.2, 0.25) is 0 Å². The first kappa shape index (κ1) is 14.6. The van der Waals surface area contributed by atoms with Gasteiger partial charge in [-0.05, 0) is 50.4 Å². The van der Waals surface area contributed by atoms with Gasteiger partial charge in [0, 0.05) is 33.7 Å². The summed E-state index contributed by atoms with van der Waals surface area (Å²) in [6, 6.07) is 14.2. The predicted molar refractivity (Wildman–Crippen MR) is 111 cm³/mol. The third kappa shape index (κ3) is 1.81. The fourth-order valence-corrected chi connectivity index (χ4v) is 6.12. The molecule has 126 valence electrons. The quantitative estimate of drug-likeness (QED) is 0.201. The molecule has 0 aliphatic carbocycles. The zero-order valence-electron chi connectivity index (χ0n) is 13.3. The van der Waals surface area contributed by atoms with E-state index in [4.69, 9.17) is 4.42 Å². The van der Waals surface area contributed by atoms with E-state index in [1.165, 1.54) is 6.08 Å². The Balaban J connectivity index is 1.90. The molecule has 0 unspecified atom stereocenters. The van der Waals surface area contributed by atoms with E-state index >= 15 is 0 Å². The Morgan fingerprint density at radius 3 is 2.69 bits per heavy atom. The van der Waals surface area contributed by atoms with Crippen LogP contribution in [0.1, 0.15) is 0 Å². The Kier molecular flexibility index (Phi) is 2.81. The first-order valence-corrected chi connectivity index (χ1v) is 10.3. The van der Waals surface area contributed by atoms with E-state index in [0.29, 0.717) is 3.63 Å². The summed E-state index contributed by atoms with van der Waals surface area (Å²) in [5.74, 6) is -0.535. The summed E-state index contributed by atoms with van der Waals surface area (Å²) in [6.07, 6.45) is 4.14. The van der Waals surface area contributed by atoms with Crippen LogP contribution >= 0.6 is 20.7 Å². The summed E-state index contributed by atoms with van der Waals surface area (Å²) in [7, 11) is 0.